The topological polar surface area (TPSA) is 46.2 Å². The molecular weight excluding hydrogens is 205 g/mol. The van der Waals surface area contributed by atoms with Gasteiger partial charge in [0.25, 0.3) is 0 Å². The van der Waals surface area contributed by atoms with Crippen LogP contribution >= 0.6 is 11.6 Å². The lowest BCUT2D eigenvalue weighted by Gasteiger charge is -2.18. The summed E-state index contributed by atoms with van der Waals surface area (Å²) in [4.78, 5) is 0. The van der Waals surface area contributed by atoms with Crippen LogP contribution in [0.4, 0.5) is 4.39 Å². The van der Waals surface area contributed by atoms with Gasteiger partial charge in [0, 0.05) is 5.54 Å². The molecule has 0 fully saturated rings. The summed E-state index contributed by atoms with van der Waals surface area (Å²) < 4.78 is 13.0. The summed E-state index contributed by atoms with van der Waals surface area (Å²) in [6, 6.07) is 2.77. The quantitative estimate of drug-likeness (QED) is 0.800. The average molecular weight is 218 g/mol. The molecule has 14 heavy (non-hydrogen) atoms. The monoisotopic (exact) mass is 217 g/mol. The Balaban J connectivity index is 3.02. The number of nitrogens with two attached hydrogens (primary N) is 1. The van der Waals surface area contributed by atoms with Crippen molar-refractivity contribution in [1.82, 2.24) is 0 Å². The second-order valence-corrected chi connectivity index (χ2v) is 4.48. The summed E-state index contributed by atoms with van der Waals surface area (Å²) in [6.07, 6.45) is 0.504. The van der Waals surface area contributed by atoms with Gasteiger partial charge in [-0.3, -0.25) is 0 Å². The van der Waals surface area contributed by atoms with Crippen molar-refractivity contribution in [2.45, 2.75) is 25.8 Å². The maximum absolute atomic E-state index is 13.0. The van der Waals surface area contributed by atoms with E-state index in [0.717, 1.165) is 0 Å². The lowest BCUT2D eigenvalue weighted by molar-refractivity contribution is 0.430. The number of aromatic hydroxyl groups is 1. The molecular formula is C10H13ClFNO. The van der Waals surface area contributed by atoms with Crippen LogP contribution in [-0.2, 0) is 6.42 Å². The van der Waals surface area contributed by atoms with Crippen molar-refractivity contribution >= 4 is 11.6 Å². The maximum atomic E-state index is 13.0. The van der Waals surface area contributed by atoms with E-state index in [1.165, 1.54) is 12.1 Å². The number of hydrogen-bond acceptors (Lipinski definition) is 2. The van der Waals surface area contributed by atoms with Gasteiger partial charge in [0.05, 0.1) is 5.02 Å². The molecule has 4 heteroatoms. The van der Waals surface area contributed by atoms with E-state index in [9.17, 15) is 4.39 Å². The lowest BCUT2D eigenvalue weighted by Crippen LogP contribution is -2.34. The number of phenols is 1. The molecule has 1 aromatic carbocycles. The zero-order valence-electron chi connectivity index (χ0n) is 8.14. The van der Waals surface area contributed by atoms with E-state index in [2.05, 4.69) is 0 Å². The van der Waals surface area contributed by atoms with Gasteiger partial charge in [-0.15, -0.1) is 0 Å². The van der Waals surface area contributed by atoms with Crippen molar-refractivity contribution in [3.63, 3.8) is 0 Å². The third-order valence-corrected chi connectivity index (χ3v) is 2.02. The highest BCUT2D eigenvalue weighted by Crippen LogP contribution is 2.28. The summed E-state index contributed by atoms with van der Waals surface area (Å²) in [6.45, 7) is 3.68. The van der Waals surface area contributed by atoms with Crippen LogP contribution in [0.25, 0.3) is 0 Å². The van der Waals surface area contributed by atoms with Gasteiger partial charge >= 0.3 is 0 Å². The van der Waals surface area contributed by atoms with E-state index in [1.54, 1.807) is 0 Å². The van der Waals surface area contributed by atoms with E-state index in [-0.39, 0.29) is 5.02 Å². The van der Waals surface area contributed by atoms with Gasteiger partial charge in [-0.25, -0.2) is 4.39 Å². The largest absolute Gasteiger partial charge is 0.504 e. The second kappa shape index (κ2) is 3.75. The van der Waals surface area contributed by atoms with E-state index in [0.29, 0.717) is 12.0 Å². The fourth-order valence-corrected chi connectivity index (χ4v) is 1.48. The van der Waals surface area contributed by atoms with Crippen molar-refractivity contribution in [3.05, 3.63) is 28.5 Å². The molecule has 0 aliphatic carbocycles. The Bertz CT molecular complexity index is 323. The van der Waals surface area contributed by atoms with Crippen molar-refractivity contribution < 1.29 is 9.50 Å². The number of phenolic OH excluding ortho intramolecular Hbond substituents is 1. The Hall–Kier alpha value is -0.800. The molecule has 1 aromatic rings. The molecule has 0 aliphatic heterocycles. The van der Waals surface area contributed by atoms with Crippen LogP contribution in [0.1, 0.15) is 19.4 Å². The molecule has 0 unspecified atom stereocenters. The van der Waals surface area contributed by atoms with Gasteiger partial charge in [0.1, 0.15) is 0 Å². The predicted molar refractivity (Wildman–Crippen MR) is 55.0 cm³/mol. The number of halogens is 2. The second-order valence-electron chi connectivity index (χ2n) is 4.07. The molecule has 3 N–H and O–H groups in total. The molecule has 0 aliphatic rings. The molecule has 0 heterocycles. The van der Waals surface area contributed by atoms with Gasteiger partial charge < -0.3 is 10.8 Å². The van der Waals surface area contributed by atoms with Crippen LogP contribution in [0, 0.1) is 5.82 Å². The fourth-order valence-electron chi connectivity index (χ4n) is 1.25. The average Bonchev–Trinajstić information content (AvgIpc) is 1.96. The summed E-state index contributed by atoms with van der Waals surface area (Å²) >= 11 is 5.62. The van der Waals surface area contributed by atoms with Crippen molar-refractivity contribution in [1.29, 1.82) is 0 Å². The minimum atomic E-state index is -0.711. The Labute approximate surface area is 87.5 Å². The molecule has 0 radical (unpaired) electrons. The first kappa shape index (κ1) is 11.3. The Morgan fingerprint density at radius 3 is 2.50 bits per heavy atom. The van der Waals surface area contributed by atoms with E-state index >= 15 is 0 Å². The Kier molecular flexibility index (Phi) is 3.02. The van der Waals surface area contributed by atoms with Crippen molar-refractivity contribution in [2.75, 3.05) is 0 Å². The smallest absolute Gasteiger partial charge is 0.170 e. The first-order chi connectivity index (χ1) is 6.29. The van der Waals surface area contributed by atoms with Crippen LogP contribution in [-0.4, -0.2) is 10.6 Å². The summed E-state index contributed by atoms with van der Waals surface area (Å²) in [5.41, 5.74) is 6.03. The molecule has 0 saturated heterocycles. The Morgan fingerprint density at radius 2 is 2.07 bits per heavy atom. The first-order valence-corrected chi connectivity index (χ1v) is 4.63. The first-order valence-electron chi connectivity index (χ1n) is 4.25. The third kappa shape index (κ3) is 2.86. The molecule has 0 aromatic heterocycles. The molecule has 0 spiro atoms. The maximum Gasteiger partial charge on any atom is 0.170 e. The molecule has 2 nitrogen and oxygen atoms in total. The van der Waals surface area contributed by atoms with E-state index in [4.69, 9.17) is 22.4 Å². The van der Waals surface area contributed by atoms with E-state index in [1.807, 2.05) is 13.8 Å². The van der Waals surface area contributed by atoms with Gasteiger partial charge in [0.15, 0.2) is 11.6 Å². The lowest BCUT2D eigenvalue weighted by atomic mass is 9.96. The van der Waals surface area contributed by atoms with Gasteiger partial charge in [0.2, 0.25) is 0 Å². The number of rotatable bonds is 2. The zero-order valence-corrected chi connectivity index (χ0v) is 8.90. The summed E-state index contributed by atoms with van der Waals surface area (Å²) in [7, 11) is 0. The molecule has 78 valence electrons. The van der Waals surface area contributed by atoms with Crippen LogP contribution in [0.2, 0.25) is 5.02 Å². The standard InChI is InChI=1S/C10H13ClFNO/c1-10(2,13)5-6-3-7(11)9(14)8(12)4-6/h3-4,14H,5,13H2,1-2H3. The fraction of sp³-hybridized carbons (Fsp3) is 0.400. The zero-order chi connectivity index (χ0) is 10.9. The highest BCUT2D eigenvalue weighted by molar-refractivity contribution is 6.32. The van der Waals surface area contributed by atoms with Crippen LogP contribution in [0.3, 0.4) is 0 Å². The highest BCUT2D eigenvalue weighted by atomic mass is 35.5. The predicted octanol–water partition coefficient (Wildman–Crippen LogP) is 2.46. The molecule has 0 amide bonds. The van der Waals surface area contributed by atoms with Crippen molar-refractivity contribution in [2.24, 2.45) is 5.73 Å². The van der Waals surface area contributed by atoms with Gasteiger partial charge in [-0.05, 0) is 38.0 Å². The third-order valence-electron chi connectivity index (χ3n) is 1.74. The molecule has 0 atom stereocenters. The molecule has 1 rings (SSSR count). The van der Waals surface area contributed by atoms with Crippen molar-refractivity contribution in [3.8, 4) is 5.75 Å². The van der Waals surface area contributed by atoms with Crippen LogP contribution in [0.15, 0.2) is 12.1 Å². The van der Waals surface area contributed by atoms with E-state index < -0.39 is 17.1 Å². The molecule has 0 bridgehead atoms. The highest BCUT2D eigenvalue weighted by Gasteiger charge is 2.15. The summed E-state index contributed by atoms with van der Waals surface area (Å²) in [5.74, 6) is -1.22. The minimum absolute atomic E-state index is 0.0178. The number of benzene rings is 1. The molecule has 0 saturated carbocycles. The summed E-state index contributed by atoms with van der Waals surface area (Å²) in [5, 5.41) is 9.11. The van der Waals surface area contributed by atoms with Crippen LogP contribution in [0.5, 0.6) is 5.75 Å². The Morgan fingerprint density at radius 1 is 1.50 bits per heavy atom. The van der Waals surface area contributed by atoms with Gasteiger partial charge in [-0.1, -0.05) is 11.6 Å². The number of hydrogen-bond donors (Lipinski definition) is 2. The normalized spacial score (nSPS) is 11.8. The SMILES string of the molecule is CC(C)(N)Cc1cc(F)c(O)c(Cl)c1. The van der Waals surface area contributed by atoms with Gasteiger partial charge in [-0.2, -0.15) is 0 Å². The minimum Gasteiger partial charge on any atom is -0.504 e. The van der Waals surface area contributed by atoms with Crippen LogP contribution < -0.4 is 5.73 Å².